The Bertz CT molecular complexity index is 799. The number of benzene rings is 2. The van der Waals surface area contributed by atoms with Crippen LogP contribution < -0.4 is 14.8 Å². The Morgan fingerprint density at radius 3 is 2.17 bits per heavy atom. The third-order valence-corrected chi connectivity index (χ3v) is 4.97. The summed E-state index contributed by atoms with van der Waals surface area (Å²) in [6.45, 7) is 3.36. The molecule has 0 aliphatic rings. The van der Waals surface area contributed by atoms with E-state index in [0.717, 1.165) is 5.56 Å². The Hall–Kier alpha value is -2.38. The number of sulfonamides is 1. The summed E-state index contributed by atoms with van der Waals surface area (Å²) in [7, 11) is -2.20. The molecule has 0 fully saturated rings. The van der Waals surface area contributed by atoms with Crippen LogP contribution in [-0.2, 0) is 14.8 Å². The van der Waals surface area contributed by atoms with Gasteiger partial charge >= 0.3 is 0 Å². The van der Waals surface area contributed by atoms with Crippen LogP contribution in [-0.4, -0.2) is 27.5 Å². The number of rotatable bonds is 6. The molecule has 6 nitrogen and oxygen atoms in total. The van der Waals surface area contributed by atoms with Crippen LogP contribution in [0, 0.1) is 6.92 Å². The molecule has 2 aromatic carbocycles. The average Bonchev–Trinajstić information content (AvgIpc) is 2.55. The van der Waals surface area contributed by atoms with Crippen LogP contribution in [0.15, 0.2) is 53.4 Å². The minimum Gasteiger partial charge on any atom is -0.497 e. The number of amides is 1. The fraction of sp³-hybridized carbons (Fsp3) is 0.235. The summed E-state index contributed by atoms with van der Waals surface area (Å²) in [6.07, 6.45) is 0. The Balaban J connectivity index is 2.03. The van der Waals surface area contributed by atoms with Crippen molar-refractivity contribution in [1.29, 1.82) is 0 Å². The van der Waals surface area contributed by atoms with Crippen molar-refractivity contribution in [3.8, 4) is 5.75 Å². The lowest BCUT2D eigenvalue weighted by Gasteiger charge is -2.15. The highest BCUT2D eigenvalue weighted by Gasteiger charge is 2.22. The number of nitrogens with one attached hydrogen (secondary N) is 2. The first-order valence-electron chi connectivity index (χ1n) is 7.36. The molecule has 0 bridgehead atoms. The predicted octanol–water partition coefficient (Wildman–Crippen LogP) is 2.31. The second kappa shape index (κ2) is 7.46. The molecule has 0 aliphatic carbocycles. The maximum atomic E-state index is 12.3. The highest BCUT2D eigenvalue weighted by molar-refractivity contribution is 7.89. The Morgan fingerprint density at radius 1 is 1.04 bits per heavy atom. The maximum absolute atomic E-state index is 12.3. The fourth-order valence-electron chi connectivity index (χ4n) is 2.00. The van der Waals surface area contributed by atoms with Crippen LogP contribution >= 0.6 is 0 Å². The van der Waals surface area contributed by atoms with Gasteiger partial charge in [-0.3, -0.25) is 4.79 Å². The molecule has 7 heteroatoms. The van der Waals surface area contributed by atoms with E-state index in [0.29, 0.717) is 11.4 Å². The molecule has 0 aromatic heterocycles. The van der Waals surface area contributed by atoms with Crippen molar-refractivity contribution >= 4 is 21.6 Å². The van der Waals surface area contributed by atoms with Gasteiger partial charge < -0.3 is 10.1 Å². The highest BCUT2D eigenvalue weighted by Crippen LogP contribution is 2.15. The Kier molecular flexibility index (Phi) is 5.58. The number of methoxy groups -OCH3 is 1. The van der Waals surface area contributed by atoms with E-state index < -0.39 is 22.0 Å². The molecular weight excluding hydrogens is 328 g/mol. The van der Waals surface area contributed by atoms with Gasteiger partial charge in [-0.1, -0.05) is 17.7 Å². The van der Waals surface area contributed by atoms with Crippen molar-refractivity contribution in [2.24, 2.45) is 0 Å². The molecule has 24 heavy (non-hydrogen) atoms. The van der Waals surface area contributed by atoms with Crippen molar-refractivity contribution in [1.82, 2.24) is 4.72 Å². The van der Waals surface area contributed by atoms with Gasteiger partial charge in [-0.25, -0.2) is 8.42 Å². The van der Waals surface area contributed by atoms with Crippen LogP contribution in [0.4, 0.5) is 5.69 Å². The summed E-state index contributed by atoms with van der Waals surface area (Å²) in [5.41, 5.74) is 1.52. The van der Waals surface area contributed by atoms with Crippen LogP contribution in [0.25, 0.3) is 0 Å². The third-order valence-electron chi connectivity index (χ3n) is 3.41. The average molecular weight is 348 g/mol. The summed E-state index contributed by atoms with van der Waals surface area (Å²) < 4.78 is 32.0. The van der Waals surface area contributed by atoms with E-state index in [9.17, 15) is 13.2 Å². The molecule has 0 aliphatic heterocycles. The van der Waals surface area contributed by atoms with Crippen LogP contribution in [0.2, 0.25) is 0 Å². The lowest BCUT2D eigenvalue weighted by Crippen LogP contribution is -2.41. The van der Waals surface area contributed by atoms with E-state index in [1.165, 1.54) is 19.1 Å². The predicted molar refractivity (Wildman–Crippen MR) is 92.6 cm³/mol. The molecule has 2 N–H and O–H groups in total. The minimum atomic E-state index is -3.76. The summed E-state index contributed by atoms with van der Waals surface area (Å²) >= 11 is 0. The van der Waals surface area contributed by atoms with Crippen molar-refractivity contribution in [3.05, 3.63) is 54.1 Å². The summed E-state index contributed by atoms with van der Waals surface area (Å²) in [5.74, 6) is 0.219. The quantitative estimate of drug-likeness (QED) is 0.839. The monoisotopic (exact) mass is 348 g/mol. The van der Waals surface area contributed by atoms with E-state index in [4.69, 9.17) is 4.74 Å². The fourth-order valence-corrected chi connectivity index (χ4v) is 3.20. The van der Waals surface area contributed by atoms with Crippen molar-refractivity contribution in [2.45, 2.75) is 24.8 Å². The van der Waals surface area contributed by atoms with E-state index in [1.807, 2.05) is 6.92 Å². The molecule has 0 saturated heterocycles. The Labute approximate surface area is 141 Å². The third kappa shape index (κ3) is 4.56. The van der Waals surface area contributed by atoms with E-state index in [1.54, 1.807) is 43.5 Å². The number of anilines is 1. The SMILES string of the molecule is COc1ccc(NC(=O)[C@H](C)NS(=O)(=O)c2ccc(C)cc2)cc1. The molecule has 1 atom stereocenters. The number of carbonyl (C=O) groups excluding carboxylic acids is 1. The molecular formula is C17H20N2O4S. The van der Waals surface area contributed by atoms with Gasteiger partial charge in [-0.15, -0.1) is 0 Å². The van der Waals surface area contributed by atoms with Crippen LogP contribution in [0.5, 0.6) is 5.75 Å². The second-order valence-corrected chi connectivity index (χ2v) is 7.09. The number of carbonyl (C=O) groups is 1. The first-order valence-corrected chi connectivity index (χ1v) is 8.84. The zero-order valence-electron chi connectivity index (χ0n) is 13.7. The molecule has 128 valence electrons. The van der Waals surface area contributed by atoms with E-state index in [-0.39, 0.29) is 4.90 Å². The van der Waals surface area contributed by atoms with Crippen molar-refractivity contribution < 1.29 is 17.9 Å². The molecule has 0 heterocycles. The van der Waals surface area contributed by atoms with Gasteiger partial charge in [-0.2, -0.15) is 4.72 Å². The number of hydrogen-bond donors (Lipinski definition) is 2. The van der Waals surface area contributed by atoms with Gasteiger partial charge in [0.05, 0.1) is 18.0 Å². The van der Waals surface area contributed by atoms with Crippen molar-refractivity contribution in [2.75, 3.05) is 12.4 Å². The van der Waals surface area contributed by atoms with Crippen LogP contribution in [0.1, 0.15) is 12.5 Å². The van der Waals surface area contributed by atoms with E-state index >= 15 is 0 Å². The topological polar surface area (TPSA) is 84.5 Å². The normalized spacial score (nSPS) is 12.5. The number of ether oxygens (including phenoxy) is 1. The minimum absolute atomic E-state index is 0.122. The van der Waals surface area contributed by atoms with Gasteiger partial charge in [0.2, 0.25) is 15.9 Å². The maximum Gasteiger partial charge on any atom is 0.242 e. The molecule has 0 saturated carbocycles. The number of hydrogen-bond acceptors (Lipinski definition) is 4. The van der Waals surface area contributed by atoms with Gasteiger partial charge in [0, 0.05) is 5.69 Å². The summed E-state index contributed by atoms with van der Waals surface area (Å²) in [6, 6.07) is 12.3. The first kappa shape index (κ1) is 18.0. The second-order valence-electron chi connectivity index (χ2n) is 5.37. The zero-order chi connectivity index (χ0) is 17.7. The smallest absolute Gasteiger partial charge is 0.242 e. The van der Waals surface area contributed by atoms with E-state index in [2.05, 4.69) is 10.0 Å². The molecule has 2 rings (SSSR count). The molecule has 2 aromatic rings. The van der Waals surface area contributed by atoms with Gasteiger partial charge in [0.1, 0.15) is 5.75 Å². The molecule has 0 spiro atoms. The summed E-state index contributed by atoms with van der Waals surface area (Å²) in [4.78, 5) is 12.3. The van der Waals surface area contributed by atoms with Gasteiger partial charge in [0.15, 0.2) is 0 Å². The van der Waals surface area contributed by atoms with Crippen LogP contribution in [0.3, 0.4) is 0 Å². The zero-order valence-corrected chi connectivity index (χ0v) is 14.6. The highest BCUT2D eigenvalue weighted by atomic mass is 32.2. The largest absolute Gasteiger partial charge is 0.497 e. The number of aryl methyl sites for hydroxylation is 1. The first-order chi connectivity index (χ1) is 11.3. The molecule has 1 amide bonds. The Morgan fingerprint density at radius 2 is 1.62 bits per heavy atom. The van der Waals surface area contributed by atoms with Gasteiger partial charge in [0.25, 0.3) is 0 Å². The van der Waals surface area contributed by atoms with Crippen molar-refractivity contribution in [3.63, 3.8) is 0 Å². The molecule has 0 radical (unpaired) electrons. The lowest BCUT2D eigenvalue weighted by molar-refractivity contribution is -0.117. The standard InChI is InChI=1S/C17H20N2O4S/c1-12-4-10-16(11-5-12)24(21,22)19-13(2)17(20)18-14-6-8-15(23-3)9-7-14/h4-11,13,19H,1-3H3,(H,18,20)/t13-/m0/s1. The lowest BCUT2D eigenvalue weighted by atomic mass is 10.2. The summed E-state index contributed by atoms with van der Waals surface area (Å²) in [5, 5.41) is 2.65. The van der Waals surface area contributed by atoms with Gasteiger partial charge in [-0.05, 0) is 50.2 Å². The molecule has 0 unspecified atom stereocenters.